The third-order valence-electron chi connectivity index (χ3n) is 4.24. The molecule has 0 heterocycles. The van der Waals surface area contributed by atoms with E-state index in [-0.39, 0.29) is 10.5 Å². The first-order valence-electron chi connectivity index (χ1n) is 9.32. The van der Waals surface area contributed by atoms with Gasteiger partial charge in [0.1, 0.15) is 0 Å². The average molecular weight is 419 g/mol. The Labute approximate surface area is 171 Å². The Kier molecular flexibility index (Phi) is 7.92. The van der Waals surface area contributed by atoms with Gasteiger partial charge in [0.25, 0.3) is 5.91 Å². The Bertz CT molecular complexity index is 953. The van der Waals surface area contributed by atoms with Crippen LogP contribution in [0, 0.1) is 0 Å². The number of nitrogens with zero attached hydrogens (tertiary/aromatic N) is 1. The fourth-order valence-corrected chi connectivity index (χ4v) is 3.49. The standard InChI is InChI=1S/C21H26N2O5S/c1-4-5-7-16-10-12-18(13-11-16)22-20(24)15-28-21(25)17-8-6-9-19(14-17)29(26,27)23(2)3/h6,8-14H,4-5,7,15H2,1-3H3,(H,22,24). The van der Waals surface area contributed by atoms with Crippen molar-refractivity contribution in [2.24, 2.45) is 0 Å². The molecule has 0 saturated heterocycles. The highest BCUT2D eigenvalue weighted by Gasteiger charge is 2.19. The predicted molar refractivity (Wildman–Crippen MR) is 111 cm³/mol. The SMILES string of the molecule is CCCCc1ccc(NC(=O)COC(=O)c2cccc(S(=O)(=O)N(C)C)c2)cc1. The molecule has 0 bridgehead atoms. The molecule has 0 aliphatic heterocycles. The number of carbonyl (C=O) groups is 2. The van der Waals surface area contributed by atoms with Crippen LogP contribution in [0.25, 0.3) is 0 Å². The molecule has 0 spiro atoms. The summed E-state index contributed by atoms with van der Waals surface area (Å²) >= 11 is 0. The lowest BCUT2D eigenvalue weighted by atomic mass is 10.1. The van der Waals surface area contributed by atoms with Crippen LogP contribution in [0.5, 0.6) is 0 Å². The number of benzene rings is 2. The van der Waals surface area contributed by atoms with E-state index in [1.54, 1.807) is 12.1 Å². The Balaban J connectivity index is 1.93. The summed E-state index contributed by atoms with van der Waals surface area (Å²) in [5.41, 5.74) is 1.87. The van der Waals surface area contributed by atoms with Crippen molar-refractivity contribution in [1.82, 2.24) is 4.31 Å². The summed E-state index contributed by atoms with van der Waals surface area (Å²) in [5.74, 6) is -1.25. The zero-order chi connectivity index (χ0) is 21.4. The predicted octanol–water partition coefficient (Wildman–Crippen LogP) is 3.08. The van der Waals surface area contributed by atoms with Gasteiger partial charge < -0.3 is 10.1 Å². The Morgan fingerprint density at radius 1 is 1.07 bits per heavy atom. The van der Waals surface area contributed by atoms with Gasteiger partial charge >= 0.3 is 5.97 Å². The number of nitrogens with one attached hydrogen (secondary N) is 1. The molecule has 2 aromatic carbocycles. The summed E-state index contributed by atoms with van der Waals surface area (Å²) < 4.78 is 30.4. The molecule has 2 aromatic rings. The van der Waals surface area contributed by atoms with Gasteiger partial charge in [-0.25, -0.2) is 17.5 Å². The second kappa shape index (κ2) is 10.2. The maximum absolute atomic E-state index is 12.2. The van der Waals surface area contributed by atoms with Crippen molar-refractivity contribution in [2.75, 3.05) is 26.0 Å². The van der Waals surface area contributed by atoms with Crippen molar-refractivity contribution >= 4 is 27.6 Å². The molecule has 0 unspecified atom stereocenters. The molecule has 0 fully saturated rings. The van der Waals surface area contributed by atoms with Crippen LogP contribution in [0.2, 0.25) is 0 Å². The van der Waals surface area contributed by atoms with Crippen molar-refractivity contribution in [1.29, 1.82) is 0 Å². The molecule has 156 valence electrons. The summed E-state index contributed by atoms with van der Waals surface area (Å²) in [6.45, 7) is 1.66. The highest BCUT2D eigenvalue weighted by atomic mass is 32.2. The first-order chi connectivity index (χ1) is 13.7. The van der Waals surface area contributed by atoms with E-state index < -0.39 is 28.5 Å². The first-order valence-corrected chi connectivity index (χ1v) is 10.8. The molecule has 8 heteroatoms. The third kappa shape index (κ3) is 6.40. The van der Waals surface area contributed by atoms with Crippen molar-refractivity contribution in [3.63, 3.8) is 0 Å². The maximum Gasteiger partial charge on any atom is 0.338 e. The molecule has 0 atom stereocenters. The van der Waals surface area contributed by atoms with E-state index in [2.05, 4.69) is 12.2 Å². The summed E-state index contributed by atoms with van der Waals surface area (Å²) in [5, 5.41) is 2.66. The summed E-state index contributed by atoms with van der Waals surface area (Å²) in [6.07, 6.45) is 3.22. The molecular weight excluding hydrogens is 392 g/mol. The number of rotatable bonds is 9. The van der Waals surface area contributed by atoms with E-state index in [1.807, 2.05) is 12.1 Å². The number of amides is 1. The number of hydrogen-bond acceptors (Lipinski definition) is 5. The lowest BCUT2D eigenvalue weighted by Crippen LogP contribution is -2.23. The monoisotopic (exact) mass is 418 g/mol. The minimum absolute atomic E-state index is 0.0236. The first kappa shape index (κ1) is 22.6. The fourth-order valence-electron chi connectivity index (χ4n) is 2.54. The number of aryl methyl sites for hydroxylation is 1. The molecule has 0 aliphatic carbocycles. The smallest absolute Gasteiger partial charge is 0.338 e. The van der Waals surface area contributed by atoms with Gasteiger partial charge in [0.05, 0.1) is 10.5 Å². The second-order valence-electron chi connectivity index (χ2n) is 6.74. The van der Waals surface area contributed by atoms with Crippen LogP contribution in [0.15, 0.2) is 53.4 Å². The van der Waals surface area contributed by atoms with Crippen LogP contribution in [0.3, 0.4) is 0 Å². The van der Waals surface area contributed by atoms with Gasteiger partial charge in [-0.05, 0) is 48.7 Å². The topological polar surface area (TPSA) is 92.8 Å². The molecular formula is C21H26N2O5S. The van der Waals surface area contributed by atoms with E-state index in [1.165, 1.54) is 43.9 Å². The van der Waals surface area contributed by atoms with Gasteiger partial charge in [0, 0.05) is 19.8 Å². The largest absolute Gasteiger partial charge is 0.452 e. The number of anilines is 1. The Hall–Kier alpha value is -2.71. The molecule has 0 radical (unpaired) electrons. The van der Waals surface area contributed by atoms with Crippen LogP contribution in [0.4, 0.5) is 5.69 Å². The van der Waals surface area contributed by atoms with E-state index in [4.69, 9.17) is 4.74 Å². The van der Waals surface area contributed by atoms with Gasteiger partial charge in [-0.2, -0.15) is 0 Å². The highest BCUT2D eigenvalue weighted by molar-refractivity contribution is 7.89. The number of esters is 1. The van der Waals surface area contributed by atoms with Gasteiger partial charge in [-0.1, -0.05) is 31.5 Å². The van der Waals surface area contributed by atoms with E-state index in [0.29, 0.717) is 5.69 Å². The number of carbonyl (C=O) groups excluding carboxylic acids is 2. The fraction of sp³-hybridized carbons (Fsp3) is 0.333. The summed E-state index contributed by atoms with van der Waals surface area (Å²) in [7, 11) is -0.861. The summed E-state index contributed by atoms with van der Waals surface area (Å²) in [6, 6.07) is 13.0. The number of sulfonamides is 1. The van der Waals surface area contributed by atoms with Crippen molar-refractivity contribution in [3.8, 4) is 0 Å². The molecule has 7 nitrogen and oxygen atoms in total. The normalized spacial score (nSPS) is 11.3. The number of unbranched alkanes of at least 4 members (excludes halogenated alkanes) is 1. The summed E-state index contributed by atoms with van der Waals surface area (Å²) in [4.78, 5) is 24.2. The minimum Gasteiger partial charge on any atom is -0.452 e. The Morgan fingerprint density at radius 3 is 2.38 bits per heavy atom. The molecule has 0 aliphatic rings. The third-order valence-corrected chi connectivity index (χ3v) is 6.05. The average Bonchev–Trinajstić information content (AvgIpc) is 2.71. The van der Waals surface area contributed by atoms with Crippen molar-refractivity contribution in [2.45, 2.75) is 31.1 Å². The minimum atomic E-state index is -3.67. The van der Waals surface area contributed by atoms with Gasteiger partial charge in [-0.15, -0.1) is 0 Å². The lowest BCUT2D eigenvalue weighted by Gasteiger charge is -2.12. The lowest BCUT2D eigenvalue weighted by molar-refractivity contribution is -0.119. The Morgan fingerprint density at radius 2 is 1.76 bits per heavy atom. The van der Waals surface area contributed by atoms with Crippen molar-refractivity contribution < 1.29 is 22.7 Å². The van der Waals surface area contributed by atoms with Crippen LogP contribution in [-0.4, -0.2) is 45.3 Å². The van der Waals surface area contributed by atoms with Crippen LogP contribution >= 0.6 is 0 Å². The molecule has 2 rings (SSSR count). The molecule has 1 N–H and O–H groups in total. The van der Waals surface area contributed by atoms with E-state index in [0.717, 1.165) is 23.6 Å². The van der Waals surface area contributed by atoms with Crippen LogP contribution < -0.4 is 5.32 Å². The quantitative estimate of drug-likeness (QED) is 0.632. The van der Waals surface area contributed by atoms with Gasteiger partial charge in [0.2, 0.25) is 10.0 Å². The van der Waals surface area contributed by atoms with E-state index in [9.17, 15) is 18.0 Å². The molecule has 0 saturated carbocycles. The van der Waals surface area contributed by atoms with E-state index >= 15 is 0 Å². The van der Waals surface area contributed by atoms with Crippen LogP contribution in [-0.2, 0) is 26.0 Å². The van der Waals surface area contributed by atoms with Gasteiger partial charge in [-0.3, -0.25) is 4.79 Å². The molecule has 29 heavy (non-hydrogen) atoms. The van der Waals surface area contributed by atoms with Crippen LogP contribution in [0.1, 0.15) is 35.7 Å². The van der Waals surface area contributed by atoms with Crippen molar-refractivity contribution in [3.05, 3.63) is 59.7 Å². The molecule has 0 aromatic heterocycles. The van der Waals surface area contributed by atoms with Gasteiger partial charge in [0.15, 0.2) is 6.61 Å². The molecule has 1 amide bonds. The number of hydrogen-bond donors (Lipinski definition) is 1. The number of ether oxygens (including phenoxy) is 1. The maximum atomic E-state index is 12.2. The highest BCUT2D eigenvalue weighted by Crippen LogP contribution is 2.16. The zero-order valence-corrected chi connectivity index (χ0v) is 17.7. The zero-order valence-electron chi connectivity index (χ0n) is 16.8. The second-order valence-corrected chi connectivity index (χ2v) is 8.89.